The third kappa shape index (κ3) is 3.20. The van der Waals surface area contributed by atoms with Crippen molar-refractivity contribution in [3.63, 3.8) is 0 Å². The highest BCUT2D eigenvalue weighted by Gasteiger charge is 2.27. The van der Waals surface area contributed by atoms with E-state index in [1.165, 1.54) is 6.42 Å². The van der Waals surface area contributed by atoms with Gasteiger partial charge in [-0.1, -0.05) is 26.2 Å². The van der Waals surface area contributed by atoms with Crippen LogP contribution in [0.3, 0.4) is 0 Å². The maximum absolute atomic E-state index is 10.2. The van der Waals surface area contributed by atoms with Gasteiger partial charge in [0.1, 0.15) is 6.10 Å². The molecule has 4 nitrogen and oxygen atoms in total. The standard InChI is InChI=1S/C9H17NO3/c1-2-5-8-6-3-4-7-9(8)13-10(11)12/h8-9H,2-7H2,1H3. The predicted octanol–water partition coefficient (Wildman–Crippen LogP) is 2.55. The Hall–Kier alpha value is -0.800. The Morgan fingerprint density at radius 1 is 1.46 bits per heavy atom. The van der Waals surface area contributed by atoms with E-state index in [0.717, 1.165) is 32.1 Å². The molecule has 0 aromatic heterocycles. The molecule has 1 aliphatic carbocycles. The van der Waals surface area contributed by atoms with Gasteiger partial charge in [-0.25, -0.2) is 0 Å². The number of hydrogen-bond acceptors (Lipinski definition) is 3. The number of nitrogens with zero attached hydrogens (tertiary/aromatic N) is 1. The van der Waals surface area contributed by atoms with Crippen molar-refractivity contribution in [2.24, 2.45) is 5.92 Å². The maximum atomic E-state index is 10.2. The highest BCUT2D eigenvalue weighted by Crippen LogP contribution is 2.30. The van der Waals surface area contributed by atoms with Crippen molar-refractivity contribution >= 4 is 0 Å². The summed E-state index contributed by atoms with van der Waals surface area (Å²) in [6.45, 7) is 2.11. The van der Waals surface area contributed by atoms with Crippen LogP contribution in [0.5, 0.6) is 0 Å². The van der Waals surface area contributed by atoms with Crippen molar-refractivity contribution in [3.8, 4) is 0 Å². The molecule has 2 atom stereocenters. The zero-order valence-electron chi connectivity index (χ0n) is 8.07. The fraction of sp³-hybridized carbons (Fsp3) is 1.00. The molecule has 0 aromatic carbocycles. The van der Waals surface area contributed by atoms with Crippen molar-refractivity contribution in [2.75, 3.05) is 0 Å². The van der Waals surface area contributed by atoms with Crippen LogP contribution in [-0.4, -0.2) is 11.2 Å². The van der Waals surface area contributed by atoms with Crippen molar-refractivity contribution in [2.45, 2.75) is 51.6 Å². The van der Waals surface area contributed by atoms with Crippen LogP contribution in [0.2, 0.25) is 0 Å². The Morgan fingerprint density at radius 3 is 2.77 bits per heavy atom. The monoisotopic (exact) mass is 187 g/mol. The molecular weight excluding hydrogens is 170 g/mol. The summed E-state index contributed by atoms with van der Waals surface area (Å²) >= 11 is 0. The van der Waals surface area contributed by atoms with Crippen LogP contribution in [-0.2, 0) is 4.84 Å². The van der Waals surface area contributed by atoms with E-state index >= 15 is 0 Å². The summed E-state index contributed by atoms with van der Waals surface area (Å²) in [4.78, 5) is 14.9. The summed E-state index contributed by atoms with van der Waals surface area (Å²) in [5.74, 6) is 0.407. The molecule has 0 amide bonds. The summed E-state index contributed by atoms with van der Waals surface area (Å²) in [7, 11) is 0. The van der Waals surface area contributed by atoms with Gasteiger partial charge in [-0.3, -0.25) is 0 Å². The fourth-order valence-corrected chi connectivity index (χ4v) is 2.12. The average molecular weight is 187 g/mol. The molecular formula is C9H17NO3. The molecule has 2 unspecified atom stereocenters. The summed E-state index contributed by atoms with van der Waals surface area (Å²) in [6.07, 6.45) is 6.21. The van der Waals surface area contributed by atoms with E-state index in [1.807, 2.05) is 0 Å². The van der Waals surface area contributed by atoms with Crippen LogP contribution in [0.1, 0.15) is 45.4 Å². The summed E-state index contributed by atoms with van der Waals surface area (Å²) < 4.78 is 0. The highest BCUT2D eigenvalue weighted by atomic mass is 17.0. The second kappa shape index (κ2) is 5.04. The lowest BCUT2D eigenvalue weighted by atomic mass is 9.84. The molecule has 0 N–H and O–H groups in total. The first-order chi connectivity index (χ1) is 6.24. The lowest BCUT2D eigenvalue weighted by Gasteiger charge is -2.29. The average Bonchev–Trinajstić information content (AvgIpc) is 2.08. The van der Waals surface area contributed by atoms with Gasteiger partial charge in [0.15, 0.2) is 0 Å². The second-order valence-corrected chi connectivity index (χ2v) is 3.70. The fourth-order valence-electron chi connectivity index (χ4n) is 2.12. The molecule has 0 aliphatic heterocycles. The van der Waals surface area contributed by atoms with Gasteiger partial charge in [-0.2, -0.15) is 0 Å². The van der Waals surface area contributed by atoms with Gasteiger partial charge in [0.05, 0.1) is 0 Å². The van der Waals surface area contributed by atoms with Gasteiger partial charge < -0.3 is 4.84 Å². The molecule has 0 bridgehead atoms. The normalized spacial score (nSPS) is 28.4. The van der Waals surface area contributed by atoms with E-state index in [9.17, 15) is 10.1 Å². The minimum atomic E-state index is -0.640. The van der Waals surface area contributed by atoms with Crippen molar-refractivity contribution in [1.82, 2.24) is 0 Å². The molecule has 1 aliphatic rings. The molecule has 13 heavy (non-hydrogen) atoms. The quantitative estimate of drug-likeness (QED) is 0.502. The Balaban J connectivity index is 2.41. The van der Waals surface area contributed by atoms with E-state index in [2.05, 4.69) is 11.8 Å². The molecule has 76 valence electrons. The molecule has 1 rings (SSSR count). The Morgan fingerprint density at radius 2 is 2.15 bits per heavy atom. The number of rotatable bonds is 4. The first-order valence-electron chi connectivity index (χ1n) is 5.05. The molecule has 1 fully saturated rings. The molecule has 0 radical (unpaired) electrons. The minimum Gasteiger partial charge on any atom is -0.310 e. The third-order valence-corrected chi connectivity index (χ3v) is 2.72. The van der Waals surface area contributed by atoms with Gasteiger partial charge >= 0.3 is 0 Å². The van der Waals surface area contributed by atoms with Crippen molar-refractivity contribution in [1.29, 1.82) is 0 Å². The zero-order valence-corrected chi connectivity index (χ0v) is 8.07. The summed E-state index contributed by atoms with van der Waals surface area (Å²) in [5.41, 5.74) is 0. The third-order valence-electron chi connectivity index (χ3n) is 2.72. The second-order valence-electron chi connectivity index (χ2n) is 3.70. The lowest BCUT2D eigenvalue weighted by molar-refractivity contribution is -0.771. The van der Waals surface area contributed by atoms with Crippen LogP contribution >= 0.6 is 0 Å². The first-order valence-corrected chi connectivity index (χ1v) is 5.05. The Bertz CT molecular complexity index is 170. The topological polar surface area (TPSA) is 52.4 Å². The van der Waals surface area contributed by atoms with E-state index in [4.69, 9.17) is 0 Å². The predicted molar refractivity (Wildman–Crippen MR) is 48.7 cm³/mol. The number of hydrogen-bond donors (Lipinski definition) is 0. The van der Waals surface area contributed by atoms with Gasteiger partial charge in [-0.15, -0.1) is 10.1 Å². The van der Waals surface area contributed by atoms with E-state index < -0.39 is 5.09 Å². The van der Waals surface area contributed by atoms with Crippen LogP contribution in [0.4, 0.5) is 0 Å². The highest BCUT2D eigenvalue weighted by molar-refractivity contribution is 4.74. The first kappa shape index (κ1) is 10.3. The van der Waals surface area contributed by atoms with Crippen LogP contribution in [0, 0.1) is 16.0 Å². The van der Waals surface area contributed by atoms with Gasteiger partial charge in [0.2, 0.25) is 0 Å². The van der Waals surface area contributed by atoms with E-state index in [-0.39, 0.29) is 6.10 Å². The van der Waals surface area contributed by atoms with Gasteiger partial charge in [-0.05, 0) is 25.2 Å². The summed E-state index contributed by atoms with van der Waals surface area (Å²) in [5, 5.41) is 9.56. The van der Waals surface area contributed by atoms with E-state index in [0.29, 0.717) is 5.92 Å². The van der Waals surface area contributed by atoms with Crippen molar-refractivity contribution in [3.05, 3.63) is 10.1 Å². The van der Waals surface area contributed by atoms with Crippen LogP contribution in [0.25, 0.3) is 0 Å². The van der Waals surface area contributed by atoms with Crippen LogP contribution < -0.4 is 0 Å². The SMILES string of the molecule is CCCC1CCCCC1O[N+](=O)[O-]. The molecule has 1 saturated carbocycles. The Kier molecular flexibility index (Phi) is 3.99. The lowest BCUT2D eigenvalue weighted by Crippen LogP contribution is -2.29. The summed E-state index contributed by atoms with van der Waals surface area (Å²) in [6, 6.07) is 0. The smallest absolute Gasteiger partial charge is 0.294 e. The largest absolute Gasteiger partial charge is 0.310 e. The van der Waals surface area contributed by atoms with Crippen LogP contribution in [0.15, 0.2) is 0 Å². The maximum Gasteiger partial charge on any atom is 0.294 e. The minimum absolute atomic E-state index is 0.135. The molecule has 0 heterocycles. The van der Waals surface area contributed by atoms with Gasteiger partial charge in [0.25, 0.3) is 5.09 Å². The Labute approximate surface area is 78.4 Å². The zero-order chi connectivity index (χ0) is 9.68. The molecule has 0 aromatic rings. The van der Waals surface area contributed by atoms with Crippen molar-refractivity contribution < 1.29 is 9.92 Å². The van der Waals surface area contributed by atoms with Gasteiger partial charge in [0, 0.05) is 0 Å². The molecule has 0 spiro atoms. The molecule has 4 heteroatoms. The molecule has 0 saturated heterocycles. The van der Waals surface area contributed by atoms with E-state index in [1.54, 1.807) is 0 Å².